The second-order valence-electron chi connectivity index (χ2n) is 6.62. The molecule has 1 aliphatic heterocycles. The fourth-order valence-corrected chi connectivity index (χ4v) is 3.26. The third-order valence-corrected chi connectivity index (χ3v) is 4.79. The van der Waals surface area contributed by atoms with E-state index in [4.69, 9.17) is 0 Å². The topological polar surface area (TPSA) is 61.4 Å². The second kappa shape index (κ2) is 8.37. The van der Waals surface area contributed by atoms with Crippen molar-refractivity contribution < 1.29 is 9.59 Å². The van der Waals surface area contributed by atoms with Crippen molar-refractivity contribution in [3.05, 3.63) is 0 Å². The molecular weight excluding hydrogens is 266 g/mol. The molecule has 5 heteroatoms. The SMILES string of the molecule is CN1CCC(CNC(=O)C(=O)NC2CCCCCC2)CC1. The van der Waals surface area contributed by atoms with Crippen molar-refractivity contribution in [2.75, 3.05) is 26.7 Å². The Morgan fingerprint density at radius 1 is 0.952 bits per heavy atom. The van der Waals surface area contributed by atoms with E-state index in [2.05, 4.69) is 22.6 Å². The molecule has 1 saturated heterocycles. The van der Waals surface area contributed by atoms with Gasteiger partial charge < -0.3 is 15.5 Å². The molecule has 2 fully saturated rings. The molecule has 1 heterocycles. The van der Waals surface area contributed by atoms with Gasteiger partial charge in [0.15, 0.2) is 0 Å². The van der Waals surface area contributed by atoms with Gasteiger partial charge in [-0.25, -0.2) is 0 Å². The maximum absolute atomic E-state index is 11.9. The number of hydrogen-bond acceptors (Lipinski definition) is 3. The minimum atomic E-state index is -0.460. The first kappa shape index (κ1) is 16.3. The van der Waals surface area contributed by atoms with Crippen molar-refractivity contribution in [3.8, 4) is 0 Å². The number of carbonyl (C=O) groups is 2. The van der Waals surface area contributed by atoms with E-state index in [9.17, 15) is 9.59 Å². The molecule has 1 aliphatic carbocycles. The molecule has 0 aromatic rings. The van der Waals surface area contributed by atoms with Gasteiger partial charge in [-0.05, 0) is 51.7 Å². The summed E-state index contributed by atoms with van der Waals surface area (Å²) in [5.74, 6) is -0.399. The van der Waals surface area contributed by atoms with Gasteiger partial charge in [-0.3, -0.25) is 9.59 Å². The molecule has 0 unspecified atom stereocenters. The molecule has 2 rings (SSSR count). The van der Waals surface area contributed by atoms with Crippen LogP contribution < -0.4 is 10.6 Å². The monoisotopic (exact) mass is 295 g/mol. The smallest absolute Gasteiger partial charge is 0.309 e. The van der Waals surface area contributed by atoms with Gasteiger partial charge in [-0.15, -0.1) is 0 Å². The quantitative estimate of drug-likeness (QED) is 0.609. The average Bonchev–Trinajstić information content (AvgIpc) is 2.75. The lowest BCUT2D eigenvalue weighted by Crippen LogP contribution is -2.46. The van der Waals surface area contributed by atoms with Crippen LogP contribution in [0.4, 0.5) is 0 Å². The molecule has 0 aromatic carbocycles. The van der Waals surface area contributed by atoms with E-state index in [-0.39, 0.29) is 6.04 Å². The third-order valence-electron chi connectivity index (χ3n) is 4.79. The molecule has 1 saturated carbocycles. The number of hydrogen-bond donors (Lipinski definition) is 2. The van der Waals surface area contributed by atoms with Gasteiger partial charge in [0, 0.05) is 12.6 Å². The van der Waals surface area contributed by atoms with Gasteiger partial charge in [-0.1, -0.05) is 25.7 Å². The molecule has 120 valence electrons. The van der Waals surface area contributed by atoms with E-state index in [1.807, 2.05) is 0 Å². The molecular formula is C16H29N3O2. The van der Waals surface area contributed by atoms with Gasteiger partial charge in [-0.2, -0.15) is 0 Å². The number of nitrogens with one attached hydrogen (secondary N) is 2. The molecule has 0 spiro atoms. The predicted molar refractivity (Wildman–Crippen MR) is 82.9 cm³/mol. The van der Waals surface area contributed by atoms with Gasteiger partial charge in [0.1, 0.15) is 0 Å². The summed E-state index contributed by atoms with van der Waals surface area (Å²) in [6, 6.07) is 0.189. The normalized spacial score (nSPS) is 22.5. The van der Waals surface area contributed by atoms with Crippen molar-refractivity contribution in [2.24, 2.45) is 5.92 Å². The summed E-state index contributed by atoms with van der Waals surface area (Å²) >= 11 is 0. The number of carbonyl (C=O) groups excluding carboxylic acids is 2. The number of likely N-dealkylation sites (tertiary alicyclic amines) is 1. The van der Waals surface area contributed by atoms with Crippen LogP contribution in [0.1, 0.15) is 51.4 Å². The van der Waals surface area contributed by atoms with E-state index in [1.54, 1.807) is 0 Å². The molecule has 0 radical (unpaired) electrons. The van der Waals surface area contributed by atoms with Crippen LogP contribution in [-0.4, -0.2) is 49.4 Å². The molecule has 0 aromatic heterocycles. The predicted octanol–water partition coefficient (Wildman–Crippen LogP) is 1.28. The molecule has 2 amide bonds. The first-order valence-electron chi connectivity index (χ1n) is 8.42. The summed E-state index contributed by atoms with van der Waals surface area (Å²) in [5.41, 5.74) is 0. The highest BCUT2D eigenvalue weighted by Gasteiger charge is 2.22. The van der Waals surface area contributed by atoms with Crippen LogP contribution in [0.15, 0.2) is 0 Å². The number of nitrogens with zero attached hydrogens (tertiary/aromatic N) is 1. The zero-order valence-electron chi connectivity index (χ0n) is 13.2. The third kappa shape index (κ3) is 5.65. The van der Waals surface area contributed by atoms with Gasteiger partial charge >= 0.3 is 11.8 Å². The van der Waals surface area contributed by atoms with Gasteiger partial charge in [0.25, 0.3) is 0 Å². The minimum absolute atomic E-state index is 0.189. The fourth-order valence-electron chi connectivity index (χ4n) is 3.26. The Hall–Kier alpha value is -1.10. The van der Waals surface area contributed by atoms with Crippen LogP contribution in [0, 0.1) is 5.92 Å². The van der Waals surface area contributed by atoms with Crippen LogP contribution in [0.3, 0.4) is 0 Å². The zero-order valence-corrected chi connectivity index (χ0v) is 13.2. The largest absolute Gasteiger partial charge is 0.348 e. The lowest BCUT2D eigenvalue weighted by Gasteiger charge is -2.28. The van der Waals surface area contributed by atoms with Crippen molar-refractivity contribution in [3.63, 3.8) is 0 Å². The van der Waals surface area contributed by atoms with E-state index in [0.717, 1.165) is 51.6 Å². The fraction of sp³-hybridized carbons (Fsp3) is 0.875. The van der Waals surface area contributed by atoms with Crippen LogP contribution >= 0.6 is 0 Å². The number of piperidine rings is 1. The van der Waals surface area contributed by atoms with Crippen molar-refractivity contribution in [1.29, 1.82) is 0 Å². The van der Waals surface area contributed by atoms with Crippen LogP contribution in [0.5, 0.6) is 0 Å². The van der Waals surface area contributed by atoms with Gasteiger partial charge in [0.05, 0.1) is 0 Å². The minimum Gasteiger partial charge on any atom is -0.348 e. The van der Waals surface area contributed by atoms with Crippen molar-refractivity contribution >= 4 is 11.8 Å². The Labute approximate surface area is 127 Å². The van der Waals surface area contributed by atoms with E-state index < -0.39 is 11.8 Å². The Balaban J connectivity index is 1.66. The van der Waals surface area contributed by atoms with E-state index >= 15 is 0 Å². The Bertz CT molecular complexity index is 343. The van der Waals surface area contributed by atoms with E-state index in [1.165, 1.54) is 12.8 Å². The molecule has 2 N–H and O–H groups in total. The highest BCUT2D eigenvalue weighted by atomic mass is 16.2. The van der Waals surface area contributed by atoms with Gasteiger partial charge in [0.2, 0.25) is 0 Å². The molecule has 21 heavy (non-hydrogen) atoms. The number of rotatable bonds is 3. The molecule has 0 atom stereocenters. The van der Waals surface area contributed by atoms with Crippen molar-refractivity contribution in [2.45, 2.75) is 57.4 Å². The summed E-state index contributed by atoms with van der Waals surface area (Å²) in [5, 5.41) is 5.70. The van der Waals surface area contributed by atoms with Crippen LogP contribution in [-0.2, 0) is 9.59 Å². The Kier molecular flexibility index (Phi) is 6.49. The summed E-state index contributed by atoms with van der Waals surface area (Å²) in [6.07, 6.45) is 9.01. The average molecular weight is 295 g/mol. The second-order valence-corrected chi connectivity index (χ2v) is 6.62. The summed E-state index contributed by atoms with van der Waals surface area (Å²) < 4.78 is 0. The lowest BCUT2D eigenvalue weighted by atomic mass is 9.97. The van der Waals surface area contributed by atoms with Crippen molar-refractivity contribution in [1.82, 2.24) is 15.5 Å². The highest BCUT2D eigenvalue weighted by Crippen LogP contribution is 2.17. The Morgan fingerprint density at radius 3 is 2.19 bits per heavy atom. The molecule has 2 aliphatic rings. The first-order valence-corrected chi connectivity index (χ1v) is 8.42. The Morgan fingerprint density at radius 2 is 1.57 bits per heavy atom. The maximum Gasteiger partial charge on any atom is 0.309 e. The highest BCUT2D eigenvalue weighted by molar-refractivity contribution is 6.35. The summed E-state index contributed by atoms with van der Waals surface area (Å²) in [6.45, 7) is 2.79. The summed E-state index contributed by atoms with van der Waals surface area (Å²) in [4.78, 5) is 26.1. The number of amides is 2. The van der Waals surface area contributed by atoms with Crippen LogP contribution in [0.2, 0.25) is 0 Å². The van der Waals surface area contributed by atoms with E-state index in [0.29, 0.717) is 12.5 Å². The maximum atomic E-state index is 11.9. The molecule has 0 bridgehead atoms. The van der Waals surface area contributed by atoms with Crippen LogP contribution in [0.25, 0.3) is 0 Å². The summed E-state index contributed by atoms with van der Waals surface area (Å²) in [7, 11) is 2.12. The molecule has 5 nitrogen and oxygen atoms in total. The standard InChI is InChI=1S/C16H29N3O2/c1-19-10-8-13(9-11-19)12-17-15(20)16(21)18-14-6-4-2-3-5-7-14/h13-14H,2-12H2,1H3,(H,17,20)(H,18,21). The zero-order chi connectivity index (χ0) is 15.1. The first-order chi connectivity index (χ1) is 10.1. The lowest BCUT2D eigenvalue weighted by molar-refractivity contribution is -0.139.